The molecule has 264 valence electrons. The minimum Gasteiger partial charge on any atom is -0.508 e. The molecule has 4 amide bonds. The van der Waals surface area contributed by atoms with E-state index in [0.717, 1.165) is 8.58 Å². The summed E-state index contributed by atoms with van der Waals surface area (Å²) in [4.78, 5) is 59.9. The number of imide groups is 2. The van der Waals surface area contributed by atoms with Crippen LogP contribution in [-0.2, 0) is 24.6 Å². The zero-order chi connectivity index (χ0) is 36.6. The monoisotopic (exact) mass is 867 g/mol. The van der Waals surface area contributed by atoms with Gasteiger partial charge in [0, 0.05) is 25.1 Å². The summed E-state index contributed by atoms with van der Waals surface area (Å²) in [7, 11) is 1.53. The van der Waals surface area contributed by atoms with E-state index in [1.807, 2.05) is 18.2 Å². The Balaban J connectivity index is 1.34. The second-order valence-electron chi connectivity index (χ2n) is 13.4. The summed E-state index contributed by atoms with van der Waals surface area (Å²) in [5, 5.41) is 13.4. The van der Waals surface area contributed by atoms with E-state index in [9.17, 15) is 19.5 Å². The van der Waals surface area contributed by atoms with Crippen molar-refractivity contribution in [3.63, 3.8) is 0 Å². The molecule has 9 nitrogen and oxygen atoms in total. The molecule has 4 aromatic rings. The predicted molar refractivity (Wildman–Crippen MR) is 205 cm³/mol. The first-order chi connectivity index (χ1) is 24.9. The highest BCUT2D eigenvalue weighted by molar-refractivity contribution is 14.1. The summed E-state index contributed by atoms with van der Waals surface area (Å²) in [6.45, 7) is 0. The minimum atomic E-state index is -1.63. The maximum absolute atomic E-state index is 15.3. The van der Waals surface area contributed by atoms with Crippen LogP contribution in [0.5, 0.6) is 11.5 Å². The van der Waals surface area contributed by atoms with Crippen LogP contribution in [0.2, 0.25) is 15.1 Å². The molecule has 0 radical (unpaired) electrons. The molecule has 2 N–H and O–H groups in total. The number of hydrogen-bond donors (Lipinski definition) is 2. The number of nitrogens with one attached hydrogen (secondary N) is 1. The average Bonchev–Trinajstić information content (AvgIpc) is 3.51. The summed E-state index contributed by atoms with van der Waals surface area (Å²) < 4.78 is 6.40. The van der Waals surface area contributed by atoms with Gasteiger partial charge in [0.15, 0.2) is 0 Å². The molecule has 3 fully saturated rings. The molecule has 0 unspecified atom stereocenters. The van der Waals surface area contributed by atoms with Crippen LogP contribution < -0.4 is 15.1 Å². The Kier molecular flexibility index (Phi) is 8.80. The third kappa shape index (κ3) is 5.24. The third-order valence-corrected chi connectivity index (χ3v) is 12.5. The number of carbonyl (C=O) groups is 4. The maximum Gasteiger partial charge on any atom is 0.260 e. The van der Waals surface area contributed by atoms with Gasteiger partial charge >= 0.3 is 0 Å². The topological polar surface area (TPSA) is 116 Å². The van der Waals surface area contributed by atoms with Gasteiger partial charge < -0.3 is 9.84 Å². The third-order valence-electron chi connectivity index (χ3n) is 11.0. The molecule has 0 aromatic heterocycles. The summed E-state index contributed by atoms with van der Waals surface area (Å²) in [6.07, 6.45) is 2.23. The van der Waals surface area contributed by atoms with Gasteiger partial charge in [0.05, 0.1) is 46.7 Å². The Morgan fingerprint density at radius 3 is 2.23 bits per heavy atom. The van der Waals surface area contributed by atoms with Gasteiger partial charge in [-0.3, -0.25) is 29.5 Å². The predicted octanol–water partition coefficient (Wildman–Crippen LogP) is 8.16. The first-order valence-corrected chi connectivity index (χ1v) is 18.7. The molecule has 13 heteroatoms. The smallest absolute Gasteiger partial charge is 0.260 e. The van der Waals surface area contributed by atoms with Gasteiger partial charge in [-0.05, 0) is 120 Å². The van der Waals surface area contributed by atoms with E-state index in [2.05, 4.69) is 28.0 Å². The molecule has 0 spiro atoms. The van der Waals surface area contributed by atoms with Crippen molar-refractivity contribution in [1.29, 1.82) is 0 Å². The Hall–Kier alpha value is -4.10. The molecule has 8 rings (SSSR count). The molecule has 52 heavy (non-hydrogen) atoms. The van der Waals surface area contributed by atoms with Crippen LogP contribution in [0.3, 0.4) is 0 Å². The lowest BCUT2D eigenvalue weighted by atomic mass is 9.49. The summed E-state index contributed by atoms with van der Waals surface area (Å²) >= 11 is 21.4. The van der Waals surface area contributed by atoms with Gasteiger partial charge in [-0.15, -0.1) is 0 Å². The number of carbonyl (C=O) groups excluding carboxylic acids is 4. The first-order valence-electron chi connectivity index (χ1n) is 16.5. The quantitative estimate of drug-likeness (QED) is 0.114. The van der Waals surface area contributed by atoms with E-state index in [-0.39, 0.29) is 41.1 Å². The number of allylic oxidation sites excluding steroid dienone is 2. The second-order valence-corrected chi connectivity index (χ2v) is 15.9. The number of fused-ring (bicyclic) bond motifs is 4. The zero-order valence-corrected chi connectivity index (χ0v) is 31.8. The fourth-order valence-corrected chi connectivity index (χ4v) is 9.78. The van der Waals surface area contributed by atoms with Crippen LogP contribution >= 0.6 is 57.4 Å². The fourth-order valence-electron chi connectivity index (χ4n) is 8.79. The van der Waals surface area contributed by atoms with Crippen molar-refractivity contribution in [3.8, 4) is 11.5 Å². The molecule has 1 saturated carbocycles. The number of rotatable bonds is 6. The molecule has 6 atom stereocenters. The van der Waals surface area contributed by atoms with Gasteiger partial charge in [0.25, 0.3) is 11.8 Å². The number of aromatic hydroxyl groups is 1. The molecule has 2 heterocycles. The van der Waals surface area contributed by atoms with Crippen LogP contribution in [0.1, 0.15) is 29.9 Å². The largest absolute Gasteiger partial charge is 0.508 e. The Morgan fingerprint density at radius 1 is 0.846 bits per heavy atom. The molecule has 4 aromatic carbocycles. The lowest BCUT2D eigenvalue weighted by molar-refractivity contribution is -0.138. The fraction of sp³-hybridized carbons (Fsp3) is 0.231. The number of halogens is 4. The Morgan fingerprint density at radius 2 is 1.54 bits per heavy atom. The van der Waals surface area contributed by atoms with E-state index < -0.39 is 46.8 Å². The number of hydrazine groups is 1. The number of methoxy groups -OCH3 is 1. The highest BCUT2D eigenvalue weighted by Crippen LogP contribution is 2.65. The first kappa shape index (κ1) is 35.0. The van der Waals surface area contributed by atoms with Crippen molar-refractivity contribution in [2.75, 3.05) is 17.4 Å². The normalized spacial score (nSPS) is 26.6. The van der Waals surface area contributed by atoms with Crippen LogP contribution in [0.25, 0.3) is 0 Å². The van der Waals surface area contributed by atoms with E-state index in [1.54, 1.807) is 60.7 Å². The molecule has 2 aliphatic carbocycles. The van der Waals surface area contributed by atoms with E-state index in [0.29, 0.717) is 38.2 Å². The van der Waals surface area contributed by atoms with Gasteiger partial charge in [0.1, 0.15) is 11.5 Å². The molecular formula is C39H29Cl3IN3O6. The average molecular weight is 869 g/mol. The highest BCUT2D eigenvalue weighted by Gasteiger charge is 2.70. The Labute approximate surface area is 327 Å². The molecule has 4 aliphatic rings. The highest BCUT2D eigenvalue weighted by atomic mass is 127. The van der Waals surface area contributed by atoms with Crippen molar-refractivity contribution in [2.24, 2.45) is 23.7 Å². The number of phenolic OH excluding ortho intramolecular Hbond substituents is 1. The SMILES string of the molecule is COc1ccc([C@@]23C(=O)N(Nc4ccc(Cl)cc4Cl)C(=O)[C@@H]2C[C@@H]2C(=CC[C@@H]4C(=O)N(c5ccc(I)cc5)C(=O)[C@@H]42)[C@@H]3c2cc(Cl)ccc2O)cc1. The van der Waals surface area contributed by atoms with Gasteiger partial charge in [-0.25, -0.2) is 0 Å². The molecular weight excluding hydrogens is 840 g/mol. The summed E-state index contributed by atoms with van der Waals surface area (Å²) in [5.41, 5.74) is 3.59. The van der Waals surface area contributed by atoms with Crippen molar-refractivity contribution >= 4 is 92.4 Å². The summed E-state index contributed by atoms with van der Waals surface area (Å²) in [6, 6.07) is 23.3. The standard InChI is InChI=1S/C39H29Cl3IN3O6/c1-52-24-10-2-19(3-11-24)39-29(36(49)46(38(39)51)44-31-14-4-21(41)17-30(31)42)18-27-25(34(39)28-16-20(40)5-15-32(28)47)12-13-26-33(27)37(50)45(35(26)48)23-8-6-22(43)7-9-23/h2-12,14-17,26-27,29,33-34,44,47H,13,18H2,1H3/t26-,27+,29-,33-,34+,39+/m0/s1. The Bertz CT molecular complexity index is 2210. The van der Waals surface area contributed by atoms with Crippen LogP contribution in [0, 0.1) is 27.2 Å². The van der Waals surface area contributed by atoms with Gasteiger partial charge in [-0.2, -0.15) is 5.01 Å². The van der Waals surface area contributed by atoms with Crippen LogP contribution in [0.15, 0.2) is 96.6 Å². The second kappa shape index (κ2) is 13.1. The maximum atomic E-state index is 15.3. The lowest BCUT2D eigenvalue weighted by Crippen LogP contribution is -2.53. The number of amides is 4. The van der Waals surface area contributed by atoms with Crippen molar-refractivity contribution in [1.82, 2.24) is 5.01 Å². The van der Waals surface area contributed by atoms with Crippen LogP contribution in [-0.4, -0.2) is 40.9 Å². The van der Waals surface area contributed by atoms with Crippen molar-refractivity contribution in [2.45, 2.75) is 24.2 Å². The summed E-state index contributed by atoms with van der Waals surface area (Å²) in [5.74, 6) is -5.52. The molecule has 0 bridgehead atoms. The zero-order valence-electron chi connectivity index (χ0n) is 27.4. The molecule has 2 aliphatic heterocycles. The number of hydrogen-bond acceptors (Lipinski definition) is 7. The lowest BCUT2D eigenvalue weighted by Gasteiger charge is -2.50. The molecule has 2 saturated heterocycles. The van der Waals surface area contributed by atoms with E-state index in [1.165, 1.54) is 24.1 Å². The number of phenols is 1. The van der Waals surface area contributed by atoms with Crippen LogP contribution in [0.4, 0.5) is 11.4 Å². The van der Waals surface area contributed by atoms with Gasteiger partial charge in [-0.1, -0.05) is 58.6 Å². The van der Waals surface area contributed by atoms with Gasteiger partial charge in [0.2, 0.25) is 11.8 Å². The van der Waals surface area contributed by atoms with Crippen molar-refractivity contribution in [3.05, 3.63) is 126 Å². The van der Waals surface area contributed by atoms with E-state index >= 15 is 4.79 Å². The number of benzene rings is 4. The number of ether oxygens (including phenoxy) is 1. The number of anilines is 2. The van der Waals surface area contributed by atoms with E-state index in [4.69, 9.17) is 39.5 Å². The number of nitrogens with zero attached hydrogens (tertiary/aromatic N) is 2. The minimum absolute atomic E-state index is 0.0769. The van der Waals surface area contributed by atoms with Crippen molar-refractivity contribution < 1.29 is 29.0 Å².